The number of hydrogen-bond donors (Lipinski definition) is 0. The van der Waals surface area contributed by atoms with Crippen LogP contribution in [-0.4, -0.2) is 18.4 Å². The van der Waals surface area contributed by atoms with Gasteiger partial charge in [-0.1, -0.05) is 36.4 Å². The highest BCUT2D eigenvalue weighted by atomic mass is 16.5. The second kappa shape index (κ2) is 5.74. The van der Waals surface area contributed by atoms with Gasteiger partial charge in [-0.15, -0.1) is 0 Å². The van der Waals surface area contributed by atoms with Crippen LogP contribution in [0, 0.1) is 13.0 Å². The van der Waals surface area contributed by atoms with Gasteiger partial charge < -0.3 is 4.74 Å². The van der Waals surface area contributed by atoms with E-state index < -0.39 is 0 Å². The molecule has 0 saturated carbocycles. The van der Waals surface area contributed by atoms with Crippen LogP contribution in [0.1, 0.15) is 33.2 Å². The van der Waals surface area contributed by atoms with Crippen molar-refractivity contribution in [1.29, 1.82) is 0 Å². The molecule has 4 nitrogen and oxygen atoms in total. The molecule has 1 heterocycles. The number of ether oxygens (including phenoxy) is 1. The van der Waals surface area contributed by atoms with Crippen molar-refractivity contribution >= 4 is 28.3 Å². The Labute approximate surface area is 145 Å². The van der Waals surface area contributed by atoms with Crippen LogP contribution in [0.5, 0.6) is 5.75 Å². The normalized spacial score (nSPS) is 13.4. The lowest BCUT2D eigenvalue weighted by Crippen LogP contribution is -2.29. The van der Waals surface area contributed by atoms with Gasteiger partial charge in [-0.05, 0) is 43.0 Å². The molecule has 3 aromatic carbocycles. The molecule has 0 aromatic heterocycles. The van der Waals surface area contributed by atoms with Crippen LogP contribution in [0.25, 0.3) is 10.8 Å². The molecule has 25 heavy (non-hydrogen) atoms. The summed E-state index contributed by atoms with van der Waals surface area (Å²) in [5.41, 5.74) is 2.13. The van der Waals surface area contributed by atoms with Gasteiger partial charge >= 0.3 is 0 Å². The highest BCUT2D eigenvalue weighted by molar-refractivity contribution is 6.37. The first-order valence-electron chi connectivity index (χ1n) is 8.18. The van der Waals surface area contributed by atoms with Crippen molar-refractivity contribution in [2.24, 2.45) is 0 Å². The van der Waals surface area contributed by atoms with E-state index in [-0.39, 0.29) is 11.8 Å². The van der Waals surface area contributed by atoms with Crippen molar-refractivity contribution in [1.82, 2.24) is 0 Å². The van der Waals surface area contributed by atoms with E-state index in [0.29, 0.717) is 29.2 Å². The van der Waals surface area contributed by atoms with Crippen LogP contribution in [-0.2, 0) is 0 Å². The van der Waals surface area contributed by atoms with E-state index in [4.69, 9.17) is 4.74 Å². The number of anilines is 1. The minimum atomic E-state index is -0.344. The molecule has 0 aliphatic carbocycles. The Hall–Kier alpha value is -3.14. The number of amides is 2. The molecule has 0 N–H and O–H groups in total. The summed E-state index contributed by atoms with van der Waals surface area (Å²) < 4.78 is 5.81. The zero-order chi connectivity index (χ0) is 17.6. The number of carbonyl (C=O) groups excluding carboxylic acids is 2. The number of fused-ring (bicyclic) bond motifs is 2. The third-order valence-corrected chi connectivity index (χ3v) is 4.51. The van der Waals surface area contributed by atoms with Crippen molar-refractivity contribution in [3.63, 3.8) is 0 Å². The van der Waals surface area contributed by atoms with Gasteiger partial charge in [0.15, 0.2) is 0 Å². The third kappa shape index (κ3) is 2.14. The van der Waals surface area contributed by atoms with Gasteiger partial charge in [0, 0.05) is 5.39 Å². The lowest BCUT2D eigenvalue weighted by molar-refractivity contribution is 0.0925. The van der Waals surface area contributed by atoms with E-state index in [2.05, 4.69) is 6.07 Å². The molecule has 0 atom stereocenters. The van der Waals surface area contributed by atoms with Crippen LogP contribution in [0.3, 0.4) is 0 Å². The van der Waals surface area contributed by atoms with E-state index in [0.717, 1.165) is 16.3 Å². The molecule has 3 aromatic rings. The number of hydrogen-bond acceptors (Lipinski definition) is 3. The van der Waals surface area contributed by atoms with E-state index in [1.165, 1.54) is 4.90 Å². The zero-order valence-electron chi connectivity index (χ0n) is 14.0. The molecule has 4 heteroatoms. The van der Waals surface area contributed by atoms with Crippen molar-refractivity contribution in [2.45, 2.75) is 13.8 Å². The summed E-state index contributed by atoms with van der Waals surface area (Å²) in [6, 6.07) is 17.4. The largest absolute Gasteiger partial charge is 0.492 e. The standard InChI is InChI=1S/C21H16NO3/c1-3-25-19-16-12-8-7-11-15(16)13(2)17-18(19)21(24)22(20(17)23)14-9-5-4-6-10-14/h5-12H,3H2,1-2H3. The Morgan fingerprint density at radius 3 is 2.28 bits per heavy atom. The summed E-state index contributed by atoms with van der Waals surface area (Å²) in [6.07, 6.45) is 0. The fourth-order valence-electron chi connectivity index (χ4n) is 3.42. The molecular formula is C21H16NO3. The molecule has 123 valence electrons. The van der Waals surface area contributed by atoms with Crippen molar-refractivity contribution < 1.29 is 14.3 Å². The zero-order valence-corrected chi connectivity index (χ0v) is 14.0. The Kier molecular flexibility index (Phi) is 3.53. The fourth-order valence-corrected chi connectivity index (χ4v) is 3.42. The molecule has 0 fully saturated rings. The summed E-state index contributed by atoms with van der Waals surface area (Å²) in [5.74, 6) is -0.166. The van der Waals surface area contributed by atoms with Crippen LogP contribution in [0.2, 0.25) is 0 Å². The van der Waals surface area contributed by atoms with Gasteiger partial charge in [0.25, 0.3) is 11.8 Å². The van der Waals surface area contributed by atoms with Gasteiger partial charge in [-0.25, -0.2) is 4.90 Å². The number of benzene rings is 3. The molecule has 0 bridgehead atoms. The van der Waals surface area contributed by atoms with Crippen molar-refractivity contribution in [3.05, 3.63) is 71.3 Å². The van der Waals surface area contributed by atoms with Gasteiger partial charge in [-0.3, -0.25) is 9.59 Å². The first kappa shape index (κ1) is 15.4. The van der Waals surface area contributed by atoms with Crippen LogP contribution in [0.4, 0.5) is 5.69 Å². The first-order valence-corrected chi connectivity index (χ1v) is 8.18. The number of aryl methyl sites for hydroxylation is 1. The number of nitrogens with zero attached hydrogens (tertiary/aromatic N) is 1. The average Bonchev–Trinajstić information content (AvgIpc) is 2.90. The monoisotopic (exact) mass is 330 g/mol. The van der Waals surface area contributed by atoms with Crippen LogP contribution in [0.15, 0.2) is 48.5 Å². The Bertz CT molecular complexity index is 1010. The van der Waals surface area contributed by atoms with Crippen molar-refractivity contribution in [2.75, 3.05) is 11.5 Å². The second-order valence-corrected chi connectivity index (χ2v) is 5.89. The summed E-state index contributed by atoms with van der Waals surface area (Å²) in [4.78, 5) is 27.4. The predicted molar refractivity (Wildman–Crippen MR) is 96.3 cm³/mol. The molecule has 4 rings (SSSR count). The minimum Gasteiger partial charge on any atom is -0.492 e. The average molecular weight is 330 g/mol. The summed E-state index contributed by atoms with van der Waals surface area (Å²) in [6.45, 7) is 4.17. The van der Waals surface area contributed by atoms with Gasteiger partial charge in [0.05, 0.1) is 23.4 Å². The third-order valence-electron chi connectivity index (χ3n) is 4.51. The fraction of sp³-hybridized carbons (Fsp3) is 0.143. The summed E-state index contributed by atoms with van der Waals surface area (Å²) >= 11 is 0. The maximum absolute atomic E-state index is 13.1. The van der Waals surface area contributed by atoms with E-state index in [1.54, 1.807) is 24.3 Å². The molecule has 1 aliphatic rings. The lowest BCUT2D eigenvalue weighted by Gasteiger charge is -2.14. The van der Waals surface area contributed by atoms with E-state index >= 15 is 0 Å². The molecule has 0 unspecified atom stereocenters. The molecule has 1 aliphatic heterocycles. The highest BCUT2D eigenvalue weighted by Crippen LogP contribution is 2.41. The summed E-state index contributed by atoms with van der Waals surface area (Å²) in [7, 11) is 0. The van der Waals surface area contributed by atoms with Gasteiger partial charge in [0.2, 0.25) is 0 Å². The quantitative estimate of drug-likeness (QED) is 0.678. The molecule has 0 saturated heterocycles. The number of rotatable bonds is 3. The Morgan fingerprint density at radius 2 is 1.60 bits per heavy atom. The molecule has 2 amide bonds. The number of imide groups is 1. The minimum absolute atomic E-state index is 0.310. The topological polar surface area (TPSA) is 46.6 Å². The summed E-state index contributed by atoms with van der Waals surface area (Å²) in [5, 5.41) is 1.78. The van der Waals surface area contributed by atoms with Crippen LogP contribution < -0.4 is 9.64 Å². The molecule has 1 radical (unpaired) electrons. The van der Waals surface area contributed by atoms with Gasteiger partial charge in [0.1, 0.15) is 5.75 Å². The number of carbonyl (C=O) groups is 2. The smallest absolute Gasteiger partial charge is 0.269 e. The Morgan fingerprint density at radius 1 is 0.960 bits per heavy atom. The van der Waals surface area contributed by atoms with E-state index in [9.17, 15) is 9.59 Å². The SMILES string of the molecule is CCOc1c2c(c(C)c3ccccc13)C(=O)N(c1cc[c]cc1)C2=O. The maximum Gasteiger partial charge on any atom is 0.269 e. The second-order valence-electron chi connectivity index (χ2n) is 5.89. The van der Waals surface area contributed by atoms with E-state index in [1.807, 2.05) is 38.1 Å². The molecule has 0 spiro atoms. The lowest BCUT2D eigenvalue weighted by atomic mass is 9.95. The Balaban J connectivity index is 2.04. The highest BCUT2D eigenvalue weighted by Gasteiger charge is 2.41. The maximum atomic E-state index is 13.1. The first-order chi connectivity index (χ1) is 12.1. The predicted octanol–water partition coefficient (Wildman–Crippen LogP) is 4.15. The van der Waals surface area contributed by atoms with Crippen molar-refractivity contribution in [3.8, 4) is 5.75 Å². The van der Waals surface area contributed by atoms with Gasteiger partial charge in [-0.2, -0.15) is 0 Å². The molecular weight excluding hydrogens is 314 g/mol. The van der Waals surface area contributed by atoms with Crippen LogP contribution >= 0.6 is 0 Å².